The number of hydrogen-bond acceptors (Lipinski definition) is 8. The molecular formula is C27H34N6O5. The highest BCUT2D eigenvalue weighted by Gasteiger charge is 2.35. The van der Waals surface area contributed by atoms with Crippen LogP contribution in [-0.2, 0) is 16.1 Å². The van der Waals surface area contributed by atoms with Gasteiger partial charge < -0.3 is 19.7 Å². The number of rotatable bonds is 6. The number of aromatic nitrogens is 4. The molecule has 0 saturated carbocycles. The molecule has 11 nitrogen and oxygen atoms in total. The molecule has 1 unspecified atom stereocenters. The molecule has 4 heterocycles. The summed E-state index contributed by atoms with van der Waals surface area (Å²) >= 11 is 0. The molecule has 0 spiro atoms. The third kappa shape index (κ3) is 6.17. The van der Waals surface area contributed by atoms with Gasteiger partial charge in [-0.3, -0.25) is 18.9 Å². The minimum absolute atomic E-state index is 0.0870. The maximum atomic E-state index is 13.1. The van der Waals surface area contributed by atoms with Gasteiger partial charge in [0, 0.05) is 36.4 Å². The van der Waals surface area contributed by atoms with Gasteiger partial charge in [-0.1, -0.05) is 17.3 Å². The second kappa shape index (κ2) is 11.3. The maximum absolute atomic E-state index is 13.1. The van der Waals surface area contributed by atoms with Gasteiger partial charge in [-0.05, 0) is 64.3 Å². The average molecular weight is 523 g/mol. The van der Waals surface area contributed by atoms with E-state index in [-0.39, 0.29) is 29.9 Å². The first-order valence-electron chi connectivity index (χ1n) is 12.5. The SMILES string of the molecule is CC1=CCC(c2noc(COC3CN(C(C)(C)C)C3)n2)C=C1NC(=O)c1cnc2ccc(C)cn12.O=CO. The summed E-state index contributed by atoms with van der Waals surface area (Å²) in [6, 6.07) is 3.87. The van der Waals surface area contributed by atoms with E-state index in [0.717, 1.165) is 42.0 Å². The number of imidazole rings is 1. The molecule has 202 valence electrons. The molecule has 0 aromatic carbocycles. The number of pyridine rings is 1. The molecule has 1 aliphatic carbocycles. The Kier molecular flexibility index (Phi) is 8.08. The van der Waals surface area contributed by atoms with Crippen LogP contribution in [0.4, 0.5) is 0 Å². The Morgan fingerprint density at radius 1 is 1.29 bits per heavy atom. The van der Waals surface area contributed by atoms with Crippen LogP contribution < -0.4 is 5.32 Å². The number of carboxylic acid groups (broad SMARTS) is 1. The number of aryl methyl sites for hydroxylation is 1. The number of carbonyl (C=O) groups excluding carboxylic acids is 1. The molecule has 1 amide bonds. The summed E-state index contributed by atoms with van der Waals surface area (Å²) in [5.74, 6) is 0.765. The lowest BCUT2D eigenvalue weighted by molar-refractivity contribution is -0.122. The zero-order chi connectivity index (χ0) is 27.4. The summed E-state index contributed by atoms with van der Waals surface area (Å²) in [6.07, 6.45) is 8.51. The van der Waals surface area contributed by atoms with Gasteiger partial charge >= 0.3 is 0 Å². The smallest absolute Gasteiger partial charge is 0.290 e. The first kappa shape index (κ1) is 27.2. The lowest BCUT2D eigenvalue weighted by Crippen LogP contribution is -2.59. The van der Waals surface area contributed by atoms with Gasteiger partial charge in [0.25, 0.3) is 18.3 Å². The second-order valence-corrected chi connectivity index (χ2v) is 10.5. The molecular weight excluding hydrogens is 488 g/mol. The van der Waals surface area contributed by atoms with Crippen LogP contribution in [0.3, 0.4) is 0 Å². The number of amides is 1. The van der Waals surface area contributed by atoms with Crippen molar-refractivity contribution in [3.05, 3.63) is 70.9 Å². The van der Waals surface area contributed by atoms with Gasteiger partial charge in [-0.15, -0.1) is 0 Å². The standard InChI is InChI=1S/C26H32N6O3.CH2O2/c1-16-6-9-22-27-11-21(32(22)12-16)25(33)28-20-10-18(8-7-17(20)2)24-29-23(35-30-24)15-34-19-13-31(14-19)26(3,4)5;2-1-3/h6-7,9-12,18-19H,8,13-15H2,1-5H3,(H,28,33);1H,(H,2,3). The Hall–Kier alpha value is -3.83. The maximum Gasteiger partial charge on any atom is 0.290 e. The summed E-state index contributed by atoms with van der Waals surface area (Å²) in [6.45, 7) is 12.5. The fourth-order valence-corrected chi connectivity index (χ4v) is 4.33. The molecule has 1 saturated heterocycles. The van der Waals surface area contributed by atoms with Gasteiger partial charge in [0.1, 0.15) is 17.9 Å². The summed E-state index contributed by atoms with van der Waals surface area (Å²) in [7, 11) is 0. The molecule has 2 N–H and O–H groups in total. The third-order valence-corrected chi connectivity index (χ3v) is 6.66. The van der Waals surface area contributed by atoms with Crippen molar-refractivity contribution in [1.82, 2.24) is 29.7 Å². The van der Waals surface area contributed by atoms with E-state index in [1.807, 2.05) is 38.3 Å². The number of carbonyl (C=O) groups is 2. The lowest BCUT2D eigenvalue weighted by Gasteiger charge is -2.47. The van der Waals surface area contributed by atoms with E-state index >= 15 is 0 Å². The predicted octanol–water partition coefficient (Wildman–Crippen LogP) is 3.47. The topological polar surface area (TPSA) is 135 Å². The van der Waals surface area contributed by atoms with Gasteiger partial charge in [0.05, 0.1) is 12.3 Å². The van der Waals surface area contributed by atoms with E-state index < -0.39 is 0 Å². The molecule has 2 aliphatic rings. The molecule has 1 fully saturated rings. The van der Waals surface area contributed by atoms with E-state index in [9.17, 15) is 4.79 Å². The van der Waals surface area contributed by atoms with E-state index in [1.165, 1.54) is 0 Å². The summed E-state index contributed by atoms with van der Waals surface area (Å²) in [5.41, 5.74) is 4.18. The van der Waals surface area contributed by atoms with Crippen LogP contribution in [0.2, 0.25) is 0 Å². The van der Waals surface area contributed by atoms with Crippen LogP contribution >= 0.6 is 0 Å². The normalized spacial score (nSPS) is 18.2. The number of allylic oxidation sites excluding steroid dienone is 3. The van der Waals surface area contributed by atoms with Crippen molar-refractivity contribution in [2.24, 2.45) is 0 Å². The molecule has 38 heavy (non-hydrogen) atoms. The average Bonchev–Trinajstić information content (AvgIpc) is 3.46. The van der Waals surface area contributed by atoms with Crippen molar-refractivity contribution in [3.63, 3.8) is 0 Å². The Labute approximate surface area is 221 Å². The van der Waals surface area contributed by atoms with E-state index in [1.54, 1.807) is 10.6 Å². The van der Waals surface area contributed by atoms with Gasteiger partial charge in [-0.2, -0.15) is 4.98 Å². The van der Waals surface area contributed by atoms with Gasteiger partial charge in [0.2, 0.25) is 0 Å². The number of ether oxygens (including phenoxy) is 1. The van der Waals surface area contributed by atoms with Crippen molar-refractivity contribution < 1.29 is 24.0 Å². The molecule has 1 aliphatic heterocycles. The molecule has 5 rings (SSSR count). The van der Waals surface area contributed by atoms with E-state index in [0.29, 0.717) is 24.0 Å². The Balaban J connectivity index is 0.00000107. The van der Waals surface area contributed by atoms with Gasteiger partial charge in [-0.25, -0.2) is 4.98 Å². The quantitative estimate of drug-likeness (QED) is 0.467. The zero-order valence-corrected chi connectivity index (χ0v) is 22.3. The predicted molar refractivity (Wildman–Crippen MR) is 139 cm³/mol. The number of likely N-dealkylation sites (tertiary alicyclic amines) is 1. The lowest BCUT2D eigenvalue weighted by atomic mass is 9.94. The summed E-state index contributed by atoms with van der Waals surface area (Å²) in [5, 5.41) is 14.1. The Bertz CT molecular complexity index is 1360. The van der Waals surface area contributed by atoms with Crippen molar-refractivity contribution in [3.8, 4) is 0 Å². The van der Waals surface area contributed by atoms with Gasteiger partial charge in [0.15, 0.2) is 5.82 Å². The van der Waals surface area contributed by atoms with Crippen LogP contribution in [0.5, 0.6) is 0 Å². The highest BCUT2D eigenvalue weighted by atomic mass is 16.5. The first-order valence-corrected chi connectivity index (χ1v) is 12.5. The molecule has 3 aromatic heterocycles. The molecule has 3 aromatic rings. The van der Waals surface area contributed by atoms with Crippen LogP contribution in [0.25, 0.3) is 5.65 Å². The number of nitrogens with zero attached hydrogens (tertiary/aromatic N) is 5. The van der Waals surface area contributed by atoms with Crippen molar-refractivity contribution in [2.45, 2.75) is 65.2 Å². The van der Waals surface area contributed by atoms with Crippen LogP contribution in [-0.4, -0.2) is 66.6 Å². The minimum Gasteiger partial charge on any atom is -0.483 e. The fraction of sp³-hybridized carbons (Fsp3) is 0.444. The van der Waals surface area contributed by atoms with E-state index in [4.69, 9.17) is 19.2 Å². The van der Waals surface area contributed by atoms with Crippen LogP contribution in [0.15, 0.2) is 52.5 Å². The molecule has 11 heteroatoms. The summed E-state index contributed by atoms with van der Waals surface area (Å²) < 4.78 is 13.2. The monoisotopic (exact) mass is 522 g/mol. The Morgan fingerprint density at radius 2 is 2.03 bits per heavy atom. The first-order chi connectivity index (χ1) is 18.1. The van der Waals surface area contributed by atoms with Crippen molar-refractivity contribution >= 4 is 18.0 Å². The Morgan fingerprint density at radius 3 is 2.74 bits per heavy atom. The zero-order valence-electron chi connectivity index (χ0n) is 22.3. The fourth-order valence-electron chi connectivity index (χ4n) is 4.33. The molecule has 0 bridgehead atoms. The van der Waals surface area contributed by atoms with Crippen LogP contribution in [0.1, 0.15) is 67.8 Å². The number of nitrogens with one attached hydrogen (secondary N) is 1. The highest BCUT2D eigenvalue weighted by Crippen LogP contribution is 2.29. The number of hydrogen-bond donors (Lipinski definition) is 2. The van der Waals surface area contributed by atoms with Crippen LogP contribution in [0, 0.1) is 6.92 Å². The number of fused-ring (bicyclic) bond motifs is 1. The highest BCUT2D eigenvalue weighted by molar-refractivity contribution is 5.94. The summed E-state index contributed by atoms with van der Waals surface area (Å²) in [4.78, 5) is 32.7. The second-order valence-electron chi connectivity index (χ2n) is 10.5. The van der Waals surface area contributed by atoms with E-state index in [2.05, 4.69) is 52.2 Å². The van der Waals surface area contributed by atoms with Crippen molar-refractivity contribution in [2.75, 3.05) is 13.1 Å². The third-order valence-electron chi connectivity index (χ3n) is 6.66. The minimum atomic E-state index is -0.250. The molecule has 1 atom stereocenters. The van der Waals surface area contributed by atoms with Crippen molar-refractivity contribution in [1.29, 1.82) is 0 Å². The molecule has 0 radical (unpaired) electrons. The largest absolute Gasteiger partial charge is 0.483 e.